The summed E-state index contributed by atoms with van der Waals surface area (Å²) in [4.78, 5) is 41.7. The van der Waals surface area contributed by atoms with Gasteiger partial charge in [0.05, 0.1) is 27.6 Å². The van der Waals surface area contributed by atoms with E-state index in [1.54, 1.807) is 24.3 Å². The lowest BCUT2D eigenvalue weighted by molar-refractivity contribution is -0.141. The molecule has 0 saturated heterocycles. The maximum Gasteiger partial charge on any atom is 0.325 e. The molecule has 4 aromatic rings. The number of rotatable bonds is 4. The quantitative estimate of drug-likeness (QED) is 0.417. The monoisotopic (exact) mass is 472 g/mol. The first-order valence-corrected chi connectivity index (χ1v) is 11.9. The molecule has 2 heterocycles. The average molecular weight is 473 g/mol. The number of methoxy groups -OCH3 is 1. The molecular weight excluding hydrogens is 456 g/mol. The van der Waals surface area contributed by atoms with E-state index in [-0.39, 0.29) is 27.2 Å². The fourth-order valence-corrected chi connectivity index (χ4v) is 4.88. The zero-order valence-corrected chi connectivity index (χ0v) is 18.5. The van der Waals surface area contributed by atoms with Crippen LogP contribution < -0.4 is 10.2 Å². The number of ether oxygens (including phenoxy) is 1. The highest BCUT2D eigenvalue weighted by Gasteiger charge is 2.17. The summed E-state index contributed by atoms with van der Waals surface area (Å²) in [5.74, 6) is -1.44. The molecule has 0 aliphatic heterocycles. The highest BCUT2D eigenvalue weighted by Crippen LogP contribution is 2.22. The number of sulfone groups is 1. The summed E-state index contributed by atoms with van der Waals surface area (Å²) in [7, 11) is -2.24. The Hall–Kier alpha value is -3.57. The number of hydrogen-bond donors (Lipinski definition) is 0. The van der Waals surface area contributed by atoms with E-state index >= 15 is 0 Å². The summed E-state index contributed by atoms with van der Waals surface area (Å²) >= 11 is 1.01. The van der Waals surface area contributed by atoms with Gasteiger partial charge in [-0.2, -0.15) is 4.99 Å². The number of carbonyl (C=O) groups is 2. The molecule has 0 N–H and O–H groups in total. The summed E-state index contributed by atoms with van der Waals surface area (Å²) < 4.78 is 35.8. The van der Waals surface area contributed by atoms with Gasteiger partial charge in [-0.3, -0.25) is 14.4 Å². The maximum atomic E-state index is 12.8. The fraction of sp³-hybridized carbons (Fsp3) is 0.143. The number of esters is 1. The molecule has 11 heteroatoms. The van der Waals surface area contributed by atoms with E-state index < -0.39 is 27.1 Å². The van der Waals surface area contributed by atoms with Gasteiger partial charge in [0.15, 0.2) is 14.6 Å². The molecular formula is C21H16N2O7S2. The van der Waals surface area contributed by atoms with Gasteiger partial charge in [0.1, 0.15) is 24.0 Å². The van der Waals surface area contributed by atoms with E-state index in [9.17, 15) is 22.8 Å². The molecule has 32 heavy (non-hydrogen) atoms. The van der Waals surface area contributed by atoms with Gasteiger partial charge >= 0.3 is 5.97 Å². The molecule has 0 saturated carbocycles. The number of aromatic nitrogens is 1. The van der Waals surface area contributed by atoms with Gasteiger partial charge in [-0.1, -0.05) is 23.5 Å². The predicted octanol–water partition coefficient (Wildman–Crippen LogP) is 2.13. The fourth-order valence-electron chi connectivity index (χ4n) is 3.09. The number of carbonyl (C=O) groups excluding carboxylic acids is 2. The topological polar surface area (TPSA) is 125 Å². The normalized spacial score (nSPS) is 12.4. The lowest BCUT2D eigenvalue weighted by Gasteiger charge is -2.04. The minimum Gasteiger partial charge on any atom is -0.468 e. The van der Waals surface area contributed by atoms with Crippen molar-refractivity contribution in [2.45, 2.75) is 11.4 Å². The Bertz CT molecular complexity index is 1630. The van der Waals surface area contributed by atoms with E-state index in [4.69, 9.17) is 9.15 Å². The van der Waals surface area contributed by atoms with Crippen LogP contribution in [0.3, 0.4) is 0 Å². The number of nitrogens with zero attached hydrogens (tertiary/aromatic N) is 2. The van der Waals surface area contributed by atoms with Crippen LogP contribution in [0.4, 0.5) is 0 Å². The van der Waals surface area contributed by atoms with Crippen molar-refractivity contribution in [2.75, 3.05) is 13.4 Å². The molecule has 4 rings (SSSR count). The van der Waals surface area contributed by atoms with Crippen molar-refractivity contribution in [3.63, 3.8) is 0 Å². The van der Waals surface area contributed by atoms with Gasteiger partial charge in [-0.25, -0.2) is 8.42 Å². The van der Waals surface area contributed by atoms with Crippen molar-refractivity contribution in [1.29, 1.82) is 0 Å². The molecule has 1 amide bonds. The van der Waals surface area contributed by atoms with Gasteiger partial charge in [0.25, 0.3) is 5.91 Å². The zero-order valence-electron chi connectivity index (χ0n) is 16.9. The van der Waals surface area contributed by atoms with Crippen LogP contribution in [0, 0.1) is 0 Å². The average Bonchev–Trinajstić information content (AvgIpc) is 3.09. The van der Waals surface area contributed by atoms with E-state index in [0.29, 0.717) is 15.8 Å². The van der Waals surface area contributed by atoms with Crippen LogP contribution in [0.2, 0.25) is 0 Å². The maximum absolute atomic E-state index is 12.8. The summed E-state index contributed by atoms with van der Waals surface area (Å²) in [6.07, 6.45) is 2.13. The van der Waals surface area contributed by atoms with E-state index in [1.807, 2.05) is 0 Å². The lowest BCUT2D eigenvalue weighted by Crippen LogP contribution is -2.23. The molecule has 0 aliphatic carbocycles. The number of thiazole rings is 1. The van der Waals surface area contributed by atoms with E-state index in [0.717, 1.165) is 23.9 Å². The van der Waals surface area contributed by atoms with Gasteiger partial charge < -0.3 is 13.7 Å². The molecule has 0 radical (unpaired) electrons. The van der Waals surface area contributed by atoms with E-state index in [2.05, 4.69) is 4.99 Å². The highest BCUT2D eigenvalue weighted by molar-refractivity contribution is 7.90. The van der Waals surface area contributed by atoms with E-state index in [1.165, 1.54) is 29.9 Å². The Morgan fingerprint density at radius 2 is 1.94 bits per heavy atom. The Kier molecular flexibility index (Phi) is 5.53. The van der Waals surface area contributed by atoms with Crippen LogP contribution in [-0.4, -0.2) is 38.2 Å². The summed E-state index contributed by atoms with van der Waals surface area (Å²) in [5.41, 5.74) is 0.0399. The van der Waals surface area contributed by atoms with Gasteiger partial charge in [-0.15, -0.1) is 0 Å². The SMILES string of the molecule is COC(=O)Cn1c(=NC(=O)c2coc3ccccc3c2=O)sc2cc(S(C)(=O)=O)ccc21. The first-order chi connectivity index (χ1) is 15.2. The minimum absolute atomic E-state index is 0.0875. The number of hydrogen-bond acceptors (Lipinski definition) is 8. The second-order valence-corrected chi connectivity index (χ2v) is 9.87. The summed E-state index contributed by atoms with van der Waals surface area (Å²) in [5, 5.41) is 0.241. The molecule has 164 valence electrons. The van der Waals surface area contributed by atoms with Crippen molar-refractivity contribution < 1.29 is 27.2 Å². The Morgan fingerprint density at radius 3 is 2.66 bits per heavy atom. The summed E-state index contributed by atoms with van der Waals surface area (Å²) in [6.45, 7) is -0.257. The second-order valence-electron chi connectivity index (χ2n) is 6.84. The van der Waals surface area contributed by atoms with Gasteiger partial charge in [-0.05, 0) is 30.3 Å². The first kappa shape index (κ1) is 21.7. The molecule has 0 fully saturated rings. The molecule has 0 spiro atoms. The van der Waals surface area contributed by atoms with Crippen molar-refractivity contribution in [2.24, 2.45) is 4.99 Å². The van der Waals surface area contributed by atoms with Crippen LogP contribution in [0.25, 0.3) is 21.2 Å². The minimum atomic E-state index is -3.46. The molecule has 9 nitrogen and oxygen atoms in total. The first-order valence-electron chi connectivity index (χ1n) is 9.19. The third-order valence-corrected chi connectivity index (χ3v) is 6.86. The van der Waals surface area contributed by atoms with Crippen molar-refractivity contribution in [1.82, 2.24) is 4.57 Å². The molecule has 2 aromatic carbocycles. The smallest absolute Gasteiger partial charge is 0.325 e. The van der Waals surface area contributed by atoms with Crippen LogP contribution in [-0.2, 0) is 25.9 Å². The second kappa shape index (κ2) is 8.17. The third kappa shape index (κ3) is 3.99. The summed E-state index contributed by atoms with van der Waals surface area (Å²) in [6, 6.07) is 10.9. The number of fused-ring (bicyclic) bond motifs is 2. The highest BCUT2D eigenvalue weighted by atomic mass is 32.2. The van der Waals surface area contributed by atoms with Crippen LogP contribution >= 0.6 is 11.3 Å². The number of benzene rings is 2. The molecule has 2 aromatic heterocycles. The van der Waals surface area contributed by atoms with Crippen LogP contribution in [0.15, 0.2) is 67.8 Å². The van der Waals surface area contributed by atoms with Gasteiger partial charge in [0, 0.05) is 6.26 Å². The molecule has 0 bridgehead atoms. The third-order valence-electron chi connectivity index (χ3n) is 4.70. The number of para-hydroxylation sites is 1. The molecule has 0 atom stereocenters. The Balaban J connectivity index is 1.91. The predicted molar refractivity (Wildman–Crippen MR) is 117 cm³/mol. The van der Waals surface area contributed by atoms with Crippen molar-refractivity contribution >= 4 is 54.2 Å². The van der Waals surface area contributed by atoms with Crippen molar-refractivity contribution in [3.05, 3.63) is 69.3 Å². The molecule has 0 aliphatic rings. The largest absolute Gasteiger partial charge is 0.468 e. The lowest BCUT2D eigenvalue weighted by atomic mass is 10.2. The van der Waals surface area contributed by atoms with Crippen molar-refractivity contribution in [3.8, 4) is 0 Å². The zero-order chi connectivity index (χ0) is 23.0. The Labute approximate surface area is 185 Å². The van der Waals surface area contributed by atoms with Crippen LogP contribution in [0.5, 0.6) is 0 Å². The van der Waals surface area contributed by atoms with Crippen LogP contribution in [0.1, 0.15) is 10.4 Å². The van der Waals surface area contributed by atoms with Gasteiger partial charge in [0.2, 0.25) is 5.43 Å². The Morgan fingerprint density at radius 1 is 1.19 bits per heavy atom. The standard InChI is InChI=1S/C21H16N2O7S2/c1-29-18(24)10-23-15-8-7-12(32(2,27)28)9-17(15)31-21(23)22-20(26)14-11-30-16-6-4-3-5-13(16)19(14)25/h3-9,11H,10H2,1-2H3. The number of amides is 1. The molecule has 0 unspecified atom stereocenters.